The molecule has 0 bridgehead atoms. The molecule has 3 rings (SSSR count). The number of rotatable bonds is 6. The Kier molecular flexibility index (Phi) is 7.10. The number of halogens is 1. The number of benzene rings is 2. The molecule has 0 aliphatic carbocycles. The monoisotopic (exact) mass is 452 g/mol. The number of amides is 2. The van der Waals surface area contributed by atoms with Crippen LogP contribution in [0.25, 0.3) is 11.3 Å². The van der Waals surface area contributed by atoms with Crippen molar-refractivity contribution in [3.63, 3.8) is 0 Å². The summed E-state index contributed by atoms with van der Waals surface area (Å²) in [5.74, 6) is -0.705. The lowest BCUT2D eigenvalue weighted by Crippen LogP contribution is -2.35. The molecule has 1 atom stereocenters. The van der Waals surface area contributed by atoms with Crippen LogP contribution >= 0.6 is 11.6 Å². The van der Waals surface area contributed by atoms with E-state index in [4.69, 9.17) is 11.6 Å². The van der Waals surface area contributed by atoms with E-state index < -0.39 is 17.5 Å². The molecule has 0 radical (unpaired) electrons. The van der Waals surface area contributed by atoms with Gasteiger partial charge in [0.15, 0.2) is 0 Å². The molecule has 2 N–H and O–H groups in total. The second-order valence-electron chi connectivity index (χ2n) is 7.51. The summed E-state index contributed by atoms with van der Waals surface area (Å²) < 4.78 is 1.09. The predicted octanol–water partition coefficient (Wildman–Crippen LogP) is 4.73. The third kappa shape index (κ3) is 5.06. The van der Waals surface area contributed by atoms with Gasteiger partial charge in [0.25, 0.3) is 5.56 Å². The maximum Gasteiger partial charge on any atom is 0.291 e. The van der Waals surface area contributed by atoms with Crippen LogP contribution in [-0.4, -0.2) is 21.6 Å². The first-order valence-electron chi connectivity index (χ1n) is 10.3. The highest BCUT2D eigenvalue weighted by molar-refractivity contribution is 6.30. The Labute approximate surface area is 191 Å². The van der Waals surface area contributed by atoms with Gasteiger partial charge < -0.3 is 10.6 Å². The molecule has 2 amide bonds. The average molecular weight is 453 g/mol. The topological polar surface area (TPSA) is 93.1 Å². The molecule has 0 saturated heterocycles. The van der Waals surface area contributed by atoms with Crippen LogP contribution in [0.1, 0.15) is 37.4 Å². The van der Waals surface area contributed by atoms with Gasteiger partial charge in [-0.15, -0.1) is 0 Å². The molecule has 1 aromatic heterocycles. The van der Waals surface area contributed by atoms with Crippen molar-refractivity contribution in [3.05, 3.63) is 75.0 Å². The molecule has 7 nitrogen and oxygen atoms in total. The lowest BCUT2D eigenvalue weighted by molar-refractivity contribution is -0.119. The van der Waals surface area contributed by atoms with Crippen molar-refractivity contribution in [1.82, 2.24) is 9.78 Å². The van der Waals surface area contributed by atoms with Gasteiger partial charge in [-0.05, 0) is 56.2 Å². The van der Waals surface area contributed by atoms with Crippen molar-refractivity contribution < 1.29 is 9.59 Å². The first-order valence-corrected chi connectivity index (χ1v) is 10.7. The molecule has 3 aromatic rings. The largest absolute Gasteiger partial charge is 0.324 e. The highest BCUT2D eigenvalue weighted by atomic mass is 35.5. The molecular formula is C24H25ClN4O3. The number of carbonyl (C=O) groups is 2. The minimum atomic E-state index is -0.924. The fourth-order valence-electron chi connectivity index (χ4n) is 3.10. The number of nitrogens with zero attached hydrogens (tertiary/aromatic N) is 2. The third-order valence-electron chi connectivity index (χ3n) is 5.28. The zero-order valence-electron chi connectivity index (χ0n) is 18.4. The Hall–Kier alpha value is -3.45. The molecule has 0 aliphatic heterocycles. The molecule has 8 heteroatoms. The van der Waals surface area contributed by atoms with Crippen molar-refractivity contribution >= 4 is 34.8 Å². The van der Waals surface area contributed by atoms with E-state index in [1.165, 1.54) is 6.07 Å². The Morgan fingerprint density at radius 2 is 1.75 bits per heavy atom. The van der Waals surface area contributed by atoms with E-state index in [1.807, 2.05) is 26.0 Å². The Morgan fingerprint density at radius 3 is 2.41 bits per heavy atom. The van der Waals surface area contributed by atoms with E-state index in [2.05, 4.69) is 15.7 Å². The molecule has 0 saturated carbocycles. The van der Waals surface area contributed by atoms with E-state index in [-0.39, 0.29) is 18.0 Å². The summed E-state index contributed by atoms with van der Waals surface area (Å²) >= 11 is 5.98. The zero-order chi connectivity index (χ0) is 23.4. The van der Waals surface area contributed by atoms with Gasteiger partial charge in [0.1, 0.15) is 11.7 Å². The lowest BCUT2D eigenvalue weighted by Gasteiger charge is -2.18. The van der Waals surface area contributed by atoms with Crippen LogP contribution in [0.5, 0.6) is 0 Å². The van der Waals surface area contributed by atoms with Crippen LogP contribution in [0.2, 0.25) is 5.02 Å². The first-order chi connectivity index (χ1) is 15.2. The van der Waals surface area contributed by atoms with Gasteiger partial charge in [-0.3, -0.25) is 14.4 Å². The summed E-state index contributed by atoms with van der Waals surface area (Å²) in [7, 11) is 0. The van der Waals surface area contributed by atoms with E-state index in [1.54, 1.807) is 44.2 Å². The van der Waals surface area contributed by atoms with Gasteiger partial charge in [-0.1, -0.05) is 42.8 Å². The summed E-state index contributed by atoms with van der Waals surface area (Å²) in [6.07, 6.45) is 0.209. The number of carbonyl (C=O) groups excluding carboxylic acids is 2. The highest BCUT2D eigenvalue weighted by Gasteiger charge is 2.22. The molecule has 0 unspecified atom stereocenters. The van der Waals surface area contributed by atoms with Crippen LogP contribution < -0.4 is 16.2 Å². The van der Waals surface area contributed by atoms with Gasteiger partial charge in [-0.25, -0.2) is 4.68 Å². The molecule has 0 fully saturated rings. The van der Waals surface area contributed by atoms with Gasteiger partial charge in [0.05, 0.1) is 5.69 Å². The van der Waals surface area contributed by atoms with E-state index in [0.29, 0.717) is 22.0 Å². The fraction of sp³-hybridized carbons (Fsp3) is 0.250. The Morgan fingerprint density at radius 1 is 1.06 bits per heavy atom. The van der Waals surface area contributed by atoms with E-state index in [0.717, 1.165) is 15.8 Å². The SMILES string of the molecule is CCC(=O)Nc1cc(-c2ccc(Cl)cc2)nn([C@H](C)C(=O)Nc2cccc(C)c2C)c1=O. The van der Waals surface area contributed by atoms with E-state index >= 15 is 0 Å². The molecule has 0 spiro atoms. The Bertz CT molecular complexity index is 1220. The number of aryl methyl sites for hydroxylation is 1. The quantitative estimate of drug-likeness (QED) is 0.565. The molecule has 1 heterocycles. The zero-order valence-corrected chi connectivity index (χ0v) is 19.2. The predicted molar refractivity (Wildman–Crippen MR) is 127 cm³/mol. The van der Waals surface area contributed by atoms with Crippen LogP contribution in [0.3, 0.4) is 0 Å². The minimum absolute atomic E-state index is 0.0585. The van der Waals surface area contributed by atoms with Crippen molar-refractivity contribution in [3.8, 4) is 11.3 Å². The average Bonchev–Trinajstić information content (AvgIpc) is 2.78. The minimum Gasteiger partial charge on any atom is -0.324 e. The van der Waals surface area contributed by atoms with Gasteiger partial charge in [0, 0.05) is 22.7 Å². The second kappa shape index (κ2) is 9.78. The van der Waals surface area contributed by atoms with Crippen molar-refractivity contribution in [2.75, 3.05) is 10.6 Å². The second-order valence-corrected chi connectivity index (χ2v) is 7.95. The first kappa shape index (κ1) is 23.2. The van der Waals surface area contributed by atoms with Crippen LogP contribution in [-0.2, 0) is 9.59 Å². The molecule has 2 aromatic carbocycles. The van der Waals surface area contributed by atoms with Crippen molar-refractivity contribution in [1.29, 1.82) is 0 Å². The maximum atomic E-state index is 13.1. The molecule has 0 aliphatic rings. The number of hydrogen-bond donors (Lipinski definition) is 2. The van der Waals surface area contributed by atoms with E-state index in [9.17, 15) is 14.4 Å². The van der Waals surface area contributed by atoms with Crippen LogP contribution in [0.4, 0.5) is 11.4 Å². The van der Waals surface area contributed by atoms with Gasteiger partial charge in [0.2, 0.25) is 11.8 Å². The number of aromatic nitrogens is 2. The normalized spacial score (nSPS) is 11.7. The van der Waals surface area contributed by atoms with Gasteiger partial charge in [-0.2, -0.15) is 5.10 Å². The number of anilines is 2. The summed E-state index contributed by atoms with van der Waals surface area (Å²) in [4.78, 5) is 38.0. The van der Waals surface area contributed by atoms with Gasteiger partial charge >= 0.3 is 0 Å². The summed E-state index contributed by atoms with van der Waals surface area (Å²) in [6.45, 7) is 7.15. The number of nitrogens with one attached hydrogen (secondary N) is 2. The fourth-order valence-corrected chi connectivity index (χ4v) is 3.23. The molecular weight excluding hydrogens is 428 g/mol. The lowest BCUT2D eigenvalue weighted by atomic mass is 10.1. The van der Waals surface area contributed by atoms with Crippen molar-refractivity contribution in [2.45, 2.75) is 40.2 Å². The highest BCUT2D eigenvalue weighted by Crippen LogP contribution is 2.23. The smallest absolute Gasteiger partial charge is 0.291 e. The number of hydrogen-bond acceptors (Lipinski definition) is 4. The summed E-state index contributed by atoms with van der Waals surface area (Å²) in [5.41, 5.74) is 3.27. The van der Waals surface area contributed by atoms with Crippen molar-refractivity contribution in [2.24, 2.45) is 0 Å². The Balaban J connectivity index is 2.03. The maximum absolute atomic E-state index is 13.1. The summed E-state index contributed by atoms with van der Waals surface area (Å²) in [5, 5.41) is 10.5. The molecule has 166 valence electrons. The van der Waals surface area contributed by atoms with Crippen LogP contribution in [0, 0.1) is 13.8 Å². The van der Waals surface area contributed by atoms with Crippen LogP contribution in [0.15, 0.2) is 53.3 Å². The summed E-state index contributed by atoms with van der Waals surface area (Å²) in [6, 6.07) is 13.1. The standard InChI is InChI=1S/C24H25ClN4O3/c1-5-22(30)26-21-13-20(17-9-11-18(25)12-10-17)28-29(24(21)32)16(4)23(31)27-19-8-6-7-14(2)15(19)3/h6-13,16H,5H2,1-4H3,(H,26,30)(H,27,31)/t16-/m1/s1. The molecule has 32 heavy (non-hydrogen) atoms. The third-order valence-corrected chi connectivity index (χ3v) is 5.53.